The lowest BCUT2D eigenvalue weighted by molar-refractivity contribution is 0.760. The summed E-state index contributed by atoms with van der Waals surface area (Å²) in [6.45, 7) is 1.94. The summed E-state index contributed by atoms with van der Waals surface area (Å²) >= 11 is 12.2. The summed E-state index contributed by atoms with van der Waals surface area (Å²) in [5.41, 5.74) is 4.08. The Balaban J connectivity index is 2.01. The van der Waals surface area contributed by atoms with Crippen LogP contribution in [0, 0.1) is 6.92 Å². The largest absolute Gasteiger partial charge is 0.266 e. The van der Waals surface area contributed by atoms with Crippen LogP contribution in [0.2, 0.25) is 10.0 Å². The Morgan fingerprint density at radius 3 is 2.33 bits per heavy atom. The molecule has 0 fully saturated rings. The molecule has 0 atom stereocenters. The van der Waals surface area contributed by atoms with E-state index in [-0.39, 0.29) is 0 Å². The Kier molecular flexibility index (Phi) is 3.66. The van der Waals surface area contributed by atoms with Gasteiger partial charge in [-0.2, -0.15) is 5.10 Å². The molecule has 0 aliphatic rings. The van der Waals surface area contributed by atoms with Crippen molar-refractivity contribution in [3.63, 3.8) is 0 Å². The van der Waals surface area contributed by atoms with Crippen molar-refractivity contribution in [2.75, 3.05) is 0 Å². The van der Waals surface area contributed by atoms with E-state index < -0.39 is 0 Å². The molecule has 1 aromatic carbocycles. The molecule has 21 heavy (non-hydrogen) atoms. The molecular weight excluding hydrogens is 307 g/mol. The molecule has 2 heterocycles. The van der Waals surface area contributed by atoms with E-state index in [9.17, 15) is 0 Å². The fourth-order valence-corrected chi connectivity index (χ4v) is 2.56. The number of nitrogens with zero attached hydrogens (tertiary/aromatic N) is 4. The van der Waals surface area contributed by atoms with E-state index in [4.69, 9.17) is 23.2 Å². The summed E-state index contributed by atoms with van der Waals surface area (Å²) in [4.78, 5) is 0. The van der Waals surface area contributed by atoms with Gasteiger partial charge in [0.15, 0.2) is 0 Å². The predicted octanol–water partition coefficient (Wildman–Crippen LogP) is 4.16. The highest BCUT2D eigenvalue weighted by Crippen LogP contribution is 2.32. The lowest BCUT2D eigenvalue weighted by Crippen LogP contribution is -1.97. The van der Waals surface area contributed by atoms with Gasteiger partial charge < -0.3 is 0 Å². The fraction of sp³-hybridized carbons (Fsp3) is 0.133. The highest BCUT2D eigenvalue weighted by molar-refractivity contribution is 6.43. The standard InChI is InChI=1S/C15H12Cl2N4/c1-9-8-14(21(2)20-9)13-7-6-12(18-19-13)10-4-3-5-11(16)15(10)17/h3-8H,1-2H3. The van der Waals surface area contributed by atoms with Gasteiger partial charge in [-0.05, 0) is 31.2 Å². The minimum absolute atomic E-state index is 0.484. The molecule has 106 valence electrons. The maximum absolute atomic E-state index is 6.20. The van der Waals surface area contributed by atoms with Gasteiger partial charge in [-0.3, -0.25) is 4.68 Å². The monoisotopic (exact) mass is 318 g/mol. The van der Waals surface area contributed by atoms with Crippen molar-refractivity contribution >= 4 is 23.2 Å². The predicted molar refractivity (Wildman–Crippen MR) is 84.4 cm³/mol. The summed E-state index contributed by atoms with van der Waals surface area (Å²) in [5, 5.41) is 13.8. The Morgan fingerprint density at radius 2 is 1.71 bits per heavy atom. The van der Waals surface area contributed by atoms with Crippen LogP contribution < -0.4 is 0 Å². The van der Waals surface area contributed by atoms with Gasteiger partial charge >= 0.3 is 0 Å². The van der Waals surface area contributed by atoms with Crippen LogP contribution in [0.3, 0.4) is 0 Å². The lowest BCUT2D eigenvalue weighted by atomic mass is 10.1. The quantitative estimate of drug-likeness (QED) is 0.712. The van der Waals surface area contributed by atoms with Crippen molar-refractivity contribution < 1.29 is 0 Å². The molecule has 0 bridgehead atoms. The van der Waals surface area contributed by atoms with Crippen molar-refractivity contribution in [1.29, 1.82) is 0 Å². The lowest BCUT2D eigenvalue weighted by Gasteiger charge is -2.05. The van der Waals surface area contributed by atoms with Crippen molar-refractivity contribution in [3.05, 3.63) is 52.1 Å². The zero-order valence-corrected chi connectivity index (χ0v) is 13.0. The van der Waals surface area contributed by atoms with E-state index in [1.807, 2.05) is 44.3 Å². The van der Waals surface area contributed by atoms with Gasteiger partial charge in [0.2, 0.25) is 0 Å². The number of aryl methyl sites for hydroxylation is 2. The zero-order valence-electron chi connectivity index (χ0n) is 11.5. The SMILES string of the molecule is Cc1cc(-c2ccc(-c3cccc(Cl)c3Cl)nn2)n(C)n1. The van der Waals surface area contributed by atoms with E-state index in [1.54, 1.807) is 10.7 Å². The highest BCUT2D eigenvalue weighted by Gasteiger charge is 2.11. The first-order chi connectivity index (χ1) is 10.1. The zero-order chi connectivity index (χ0) is 15.0. The molecule has 0 saturated heterocycles. The van der Waals surface area contributed by atoms with Gasteiger partial charge in [0, 0.05) is 12.6 Å². The minimum Gasteiger partial charge on any atom is -0.266 e. The molecule has 2 aromatic heterocycles. The van der Waals surface area contributed by atoms with E-state index >= 15 is 0 Å². The first kappa shape index (κ1) is 14.0. The normalized spacial score (nSPS) is 10.9. The van der Waals surface area contributed by atoms with Crippen LogP contribution >= 0.6 is 23.2 Å². The summed E-state index contributed by atoms with van der Waals surface area (Å²) < 4.78 is 1.78. The molecular formula is C15H12Cl2N4. The Morgan fingerprint density at radius 1 is 1.00 bits per heavy atom. The van der Waals surface area contributed by atoms with Gasteiger partial charge in [0.25, 0.3) is 0 Å². The smallest absolute Gasteiger partial charge is 0.111 e. The van der Waals surface area contributed by atoms with Crippen LogP contribution in [-0.4, -0.2) is 20.0 Å². The molecule has 0 amide bonds. The third kappa shape index (κ3) is 2.64. The first-order valence-corrected chi connectivity index (χ1v) is 7.11. The molecule has 0 aliphatic carbocycles. The molecule has 0 saturated carbocycles. The average molecular weight is 319 g/mol. The van der Waals surface area contributed by atoms with Crippen LogP contribution in [0.5, 0.6) is 0 Å². The third-order valence-electron chi connectivity index (χ3n) is 3.16. The van der Waals surface area contributed by atoms with Crippen molar-refractivity contribution in [1.82, 2.24) is 20.0 Å². The molecule has 0 aliphatic heterocycles. The second-order valence-corrected chi connectivity index (χ2v) is 5.48. The van der Waals surface area contributed by atoms with Crippen LogP contribution in [0.25, 0.3) is 22.6 Å². The van der Waals surface area contributed by atoms with Crippen molar-refractivity contribution in [2.24, 2.45) is 7.05 Å². The molecule has 0 unspecified atom stereocenters. The molecule has 0 spiro atoms. The van der Waals surface area contributed by atoms with Crippen LogP contribution in [0.1, 0.15) is 5.69 Å². The number of hydrogen-bond acceptors (Lipinski definition) is 3. The molecule has 3 rings (SSSR count). The number of hydrogen-bond donors (Lipinski definition) is 0. The topological polar surface area (TPSA) is 43.6 Å². The van der Waals surface area contributed by atoms with Gasteiger partial charge in [0.05, 0.1) is 27.1 Å². The second kappa shape index (κ2) is 5.47. The Labute approximate surface area is 132 Å². The maximum atomic E-state index is 6.20. The molecule has 0 radical (unpaired) electrons. The van der Waals surface area contributed by atoms with Gasteiger partial charge in [-0.15, -0.1) is 10.2 Å². The summed E-state index contributed by atoms with van der Waals surface area (Å²) in [7, 11) is 1.88. The Hall–Kier alpha value is -1.91. The number of rotatable bonds is 2. The van der Waals surface area contributed by atoms with Crippen molar-refractivity contribution in [2.45, 2.75) is 6.92 Å². The molecule has 4 nitrogen and oxygen atoms in total. The minimum atomic E-state index is 0.484. The number of benzene rings is 1. The third-order valence-corrected chi connectivity index (χ3v) is 3.98. The Bertz CT molecular complexity index is 794. The van der Waals surface area contributed by atoms with E-state index in [0.29, 0.717) is 15.7 Å². The van der Waals surface area contributed by atoms with Crippen LogP contribution in [-0.2, 0) is 7.05 Å². The second-order valence-electron chi connectivity index (χ2n) is 4.70. The number of aromatic nitrogens is 4. The van der Waals surface area contributed by atoms with E-state index in [2.05, 4.69) is 15.3 Å². The fourth-order valence-electron chi connectivity index (χ4n) is 2.16. The van der Waals surface area contributed by atoms with Crippen molar-refractivity contribution in [3.8, 4) is 22.6 Å². The molecule has 0 N–H and O–H groups in total. The van der Waals surface area contributed by atoms with Gasteiger partial charge in [0.1, 0.15) is 5.69 Å². The average Bonchev–Trinajstić information content (AvgIpc) is 2.81. The van der Waals surface area contributed by atoms with Gasteiger partial charge in [-0.25, -0.2) is 0 Å². The maximum Gasteiger partial charge on any atom is 0.111 e. The summed E-state index contributed by atoms with van der Waals surface area (Å²) in [5.74, 6) is 0. The van der Waals surface area contributed by atoms with E-state index in [1.165, 1.54) is 0 Å². The number of halogens is 2. The molecule has 3 aromatic rings. The van der Waals surface area contributed by atoms with Crippen LogP contribution in [0.15, 0.2) is 36.4 Å². The van der Waals surface area contributed by atoms with E-state index in [0.717, 1.165) is 22.6 Å². The summed E-state index contributed by atoms with van der Waals surface area (Å²) in [6, 6.07) is 11.2. The first-order valence-electron chi connectivity index (χ1n) is 6.35. The highest BCUT2D eigenvalue weighted by atomic mass is 35.5. The van der Waals surface area contributed by atoms with Gasteiger partial charge in [-0.1, -0.05) is 35.3 Å². The summed E-state index contributed by atoms with van der Waals surface area (Å²) in [6.07, 6.45) is 0. The van der Waals surface area contributed by atoms with Crippen LogP contribution in [0.4, 0.5) is 0 Å². The molecule has 6 heteroatoms.